The minimum absolute atomic E-state index is 0.0184. The first kappa shape index (κ1) is 26.2. The number of halogens is 2. The van der Waals surface area contributed by atoms with Crippen molar-refractivity contribution in [3.05, 3.63) is 87.9 Å². The summed E-state index contributed by atoms with van der Waals surface area (Å²) >= 11 is 18.5. The van der Waals surface area contributed by atoms with E-state index in [2.05, 4.69) is 4.90 Å². The molecule has 0 unspecified atom stereocenters. The third kappa shape index (κ3) is 5.00. The van der Waals surface area contributed by atoms with Crippen LogP contribution in [0.25, 0.3) is 6.08 Å². The second-order valence-electron chi connectivity index (χ2n) is 8.58. The predicted molar refractivity (Wildman–Crippen MR) is 154 cm³/mol. The number of carbonyl (C=O) groups excluding carboxylic acids is 2. The summed E-state index contributed by atoms with van der Waals surface area (Å²) in [6, 6.07) is 19.4. The van der Waals surface area contributed by atoms with Crippen LogP contribution in [0.1, 0.15) is 5.56 Å². The van der Waals surface area contributed by atoms with Crippen molar-refractivity contribution in [1.82, 2.24) is 0 Å². The molecule has 38 heavy (non-hydrogen) atoms. The molecule has 10 heteroatoms. The summed E-state index contributed by atoms with van der Waals surface area (Å²) in [5.41, 5.74) is 2.39. The molecule has 2 aliphatic heterocycles. The number of hydrogen-bond acceptors (Lipinski definition) is 6. The highest BCUT2D eigenvalue weighted by Crippen LogP contribution is 2.37. The average molecular weight is 568 g/mol. The Morgan fingerprint density at radius 2 is 1.50 bits per heavy atom. The normalized spacial score (nSPS) is 17.4. The molecule has 0 N–H and O–H groups in total. The fourth-order valence-corrected chi connectivity index (χ4v) is 5.09. The molecule has 2 amide bonds. The van der Waals surface area contributed by atoms with Gasteiger partial charge in [-0.15, -0.1) is 0 Å². The number of methoxy groups -OCH3 is 1. The fourth-order valence-electron chi connectivity index (χ4n) is 4.34. The monoisotopic (exact) mass is 567 g/mol. The number of ether oxygens (including phenoxy) is 2. The van der Waals surface area contributed by atoms with Crippen molar-refractivity contribution in [3.8, 4) is 5.75 Å². The lowest BCUT2D eigenvalue weighted by atomic mass is 10.0. The smallest absolute Gasteiger partial charge is 0.270 e. The number of rotatable bonds is 5. The van der Waals surface area contributed by atoms with Crippen LogP contribution >= 0.6 is 35.4 Å². The second kappa shape index (κ2) is 11.1. The van der Waals surface area contributed by atoms with Gasteiger partial charge in [0.1, 0.15) is 11.3 Å². The van der Waals surface area contributed by atoms with Crippen LogP contribution in [0.3, 0.4) is 0 Å². The topological polar surface area (TPSA) is 62.3 Å². The van der Waals surface area contributed by atoms with Gasteiger partial charge in [-0.1, -0.05) is 41.4 Å². The van der Waals surface area contributed by atoms with Crippen molar-refractivity contribution in [2.75, 3.05) is 48.1 Å². The highest BCUT2D eigenvalue weighted by atomic mass is 35.5. The first-order valence-corrected chi connectivity index (χ1v) is 13.0. The average Bonchev–Trinajstić information content (AvgIpc) is 2.94. The summed E-state index contributed by atoms with van der Waals surface area (Å²) in [4.78, 5) is 32.3. The van der Waals surface area contributed by atoms with E-state index >= 15 is 0 Å². The Hall–Kier alpha value is -3.43. The van der Waals surface area contributed by atoms with Crippen LogP contribution in [0, 0.1) is 0 Å². The van der Waals surface area contributed by atoms with Crippen LogP contribution in [0.4, 0.5) is 17.1 Å². The molecule has 2 heterocycles. The van der Waals surface area contributed by atoms with Crippen LogP contribution in [0.15, 0.2) is 72.3 Å². The number of nitrogens with zero attached hydrogens (tertiary/aromatic N) is 3. The molecule has 2 fully saturated rings. The maximum absolute atomic E-state index is 13.8. The summed E-state index contributed by atoms with van der Waals surface area (Å²) in [5.74, 6) is -0.477. The molecule has 0 radical (unpaired) electrons. The van der Waals surface area contributed by atoms with Gasteiger partial charge in [0.2, 0.25) is 0 Å². The number of amides is 2. The van der Waals surface area contributed by atoms with Gasteiger partial charge in [-0.25, -0.2) is 0 Å². The van der Waals surface area contributed by atoms with E-state index in [9.17, 15) is 9.59 Å². The summed E-state index contributed by atoms with van der Waals surface area (Å²) in [5, 5.41) is 0.402. The van der Waals surface area contributed by atoms with Gasteiger partial charge in [0.25, 0.3) is 11.8 Å². The van der Waals surface area contributed by atoms with E-state index in [4.69, 9.17) is 44.9 Å². The lowest BCUT2D eigenvalue weighted by Crippen LogP contribution is -2.57. The number of carbonyl (C=O) groups is 2. The van der Waals surface area contributed by atoms with Gasteiger partial charge in [0.05, 0.1) is 41.7 Å². The van der Waals surface area contributed by atoms with Crippen molar-refractivity contribution in [3.63, 3.8) is 0 Å². The van der Waals surface area contributed by atoms with Gasteiger partial charge >= 0.3 is 0 Å². The van der Waals surface area contributed by atoms with Crippen LogP contribution < -0.4 is 19.4 Å². The molecule has 0 saturated carbocycles. The molecule has 0 atom stereocenters. The lowest BCUT2D eigenvalue weighted by Gasteiger charge is -2.37. The molecular weight excluding hydrogens is 545 g/mol. The zero-order chi connectivity index (χ0) is 26.8. The molecule has 0 bridgehead atoms. The van der Waals surface area contributed by atoms with Crippen LogP contribution in [0.5, 0.6) is 5.75 Å². The van der Waals surface area contributed by atoms with E-state index in [0.29, 0.717) is 30.2 Å². The Balaban J connectivity index is 1.58. The Morgan fingerprint density at radius 3 is 2.16 bits per heavy atom. The lowest BCUT2D eigenvalue weighted by molar-refractivity contribution is -0.120. The minimum atomic E-state index is -0.596. The Bertz CT molecular complexity index is 1420. The van der Waals surface area contributed by atoms with E-state index in [1.54, 1.807) is 49.6 Å². The molecule has 0 spiro atoms. The molecule has 2 saturated heterocycles. The molecule has 0 aliphatic carbocycles. The number of thiocarbonyl (C=S) groups is 1. The van der Waals surface area contributed by atoms with Crippen LogP contribution in [-0.4, -0.2) is 50.3 Å². The number of benzene rings is 3. The highest BCUT2D eigenvalue weighted by Gasteiger charge is 2.42. The molecular formula is C28H23Cl2N3O4S. The highest BCUT2D eigenvalue weighted by molar-refractivity contribution is 7.81. The Labute approximate surface area is 235 Å². The van der Waals surface area contributed by atoms with Crippen LogP contribution in [-0.2, 0) is 14.3 Å². The minimum Gasteiger partial charge on any atom is -0.497 e. The zero-order valence-electron chi connectivity index (χ0n) is 20.4. The van der Waals surface area contributed by atoms with Crippen molar-refractivity contribution >= 4 is 75.5 Å². The second-order valence-corrected chi connectivity index (χ2v) is 9.73. The van der Waals surface area contributed by atoms with E-state index in [0.717, 1.165) is 18.8 Å². The van der Waals surface area contributed by atoms with Gasteiger partial charge in [-0.2, -0.15) is 0 Å². The first-order chi connectivity index (χ1) is 18.4. The van der Waals surface area contributed by atoms with Crippen molar-refractivity contribution in [1.29, 1.82) is 0 Å². The van der Waals surface area contributed by atoms with Crippen LogP contribution in [0.2, 0.25) is 10.0 Å². The standard InChI is InChI=1S/C28H23Cl2N3O4S/c1-36-21-11-5-18(6-12-21)17-22-26(34)32(20-9-7-19(8-10-20)31-13-15-37-16-14-31)28(38)33(27(22)35)24-4-2-3-23(29)25(24)30/h2-12,17H,13-16H2,1H3/b22-17+. The molecule has 0 aromatic heterocycles. The zero-order valence-corrected chi connectivity index (χ0v) is 22.7. The van der Waals surface area contributed by atoms with E-state index in [1.807, 2.05) is 24.3 Å². The number of hydrogen-bond donors (Lipinski definition) is 0. The molecule has 2 aliphatic rings. The number of anilines is 3. The third-order valence-corrected chi connectivity index (χ3v) is 7.51. The third-order valence-electron chi connectivity index (χ3n) is 6.33. The first-order valence-electron chi connectivity index (χ1n) is 11.8. The van der Waals surface area contributed by atoms with Gasteiger partial charge < -0.3 is 14.4 Å². The number of morpholine rings is 1. The largest absolute Gasteiger partial charge is 0.497 e. The van der Waals surface area contributed by atoms with E-state index in [1.165, 1.54) is 15.9 Å². The molecule has 3 aromatic carbocycles. The molecule has 194 valence electrons. The van der Waals surface area contributed by atoms with E-state index in [-0.39, 0.29) is 26.4 Å². The molecule has 3 aromatic rings. The quantitative estimate of drug-likeness (QED) is 0.227. The maximum Gasteiger partial charge on any atom is 0.270 e. The maximum atomic E-state index is 13.8. The summed E-state index contributed by atoms with van der Waals surface area (Å²) in [7, 11) is 1.57. The van der Waals surface area contributed by atoms with Gasteiger partial charge in [0.15, 0.2) is 5.11 Å². The summed E-state index contributed by atoms with van der Waals surface area (Å²) < 4.78 is 10.7. The molecule has 7 nitrogen and oxygen atoms in total. The summed E-state index contributed by atoms with van der Waals surface area (Å²) in [6.07, 6.45) is 1.53. The molecule has 5 rings (SSSR count). The SMILES string of the molecule is COc1ccc(/C=C2\C(=O)N(c3ccc(N4CCOCC4)cc3)C(=S)N(c3cccc(Cl)c3Cl)C2=O)cc1. The Kier molecular flexibility index (Phi) is 7.67. The Morgan fingerprint density at radius 1 is 0.868 bits per heavy atom. The van der Waals surface area contributed by atoms with E-state index < -0.39 is 11.8 Å². The van der Waals surface area contributed by atoms with Crippen molar-refractivity contribution in [2.24, 2.45) is 0 Å². The van der Waals surface area contributed by atoms with Gasteiger partial charge in [-0.05, 0) is 72.4 Å². The van der Waals surface area contributed by atoms with Gasteiger partial charge in [0, 0.05) is 18.8 Å². The summed E-state index contributed by atoms with van der Waals surface area (Å²) in [6.45, 7) is 2.89. The predicted octanol–water partition coefficient (Wildman–Crippen LogP) is 5.59. The van der Waals surface area contributed by atoms with Crippen molar-refractivity contribution in [2.45, 2.75) is 0 Å². The van der Waals surface area contributed by atoms with Gasteiger partial charge in [-0.3, -0.25) is 19.4 Å². The van der Waals surface area contributed by atoms with Crippen molar-refractivity contribution < 1.29 is 19.1 Å². The fraction of sp³-hybridized carbons (Fsp3) is 0.179.